The van der Waals surface area contributed by atoms with Crippen molar-refractivity contribution in [3.05, 3.63) is 54.1 Å². The van der Waals surface area contributed by atoms with Gasteiger partial charge in [0.1, 0.15) is 28.9 Å². The van der Waals surface area contributed by atoms with E-state index in [0.717, 1.165) is 5.56 Å². The highest BCUT2D eigenvalue weighted by atomic mass is 16.5. The van der Waals surface area contributed by atoms with Crippen molar-refractivity contribution < 1.29 is 18.6 Å². The molecule has 0 N–H and O–H groups in total. The normalized spacial score (nSPS) is 10.6. The van der Waals surface area contributed by atoms with E-state index < -0.39 is 0 Å². The van der Waals surface area contributed by atoms with Gasteiger partial charge >= 0.3 is 0 Å². The summed E-state index contributed by atoms with van der Waals surface area (Å²) < 4.78 is 21.9. The van der Waals surface area contributed by atoms with E-state index in [0.29, 0.717) is 40.6 Å². The van der Waals surface area contributed by atoms with Gasteiger partial charge in [-0.25, -0.2) is 0 Å². The van der Waals surface area contributed by atoms with Crippen molar-refractivity contribution >= 4 is 12.3 Å². The van der Waals surface area contributed by atoms with Gasteiger partial charge in [0.15, 0.2) is 6.40 Å². The summed E-state index contributed by atoms with van der Waals surface area (Å²) in [4.78, 5) is 4.19. The molecule has 0 saturated carbocycles. The largest absolute Gasteiger partial charge is 0.497 e. The molecule has 0 saturated heterocycles. The standard InChI is InChI=1S/C22H20N2O4/c1-4-27-14-24-22-19(13-23)20(15-8-6-5-7-9-15)21(28-22)16-10-17(25-2)12-18(11-16)26-3/h5-12,14H,4H2,1-3H3/b24-14+. The van der Waals surface area contributed by atoms with Crippen LogP contribution in [0.25, 0.3) is 22.5 Å². The van der Waals surface area contributed by atoms with Crippen molar-refractivity contribution in [1.82, 2.24) is 0 Å². The Morgan fingerprint density at radius 2 is 1.71 bits per heavy atom. The summed E-state index contributed by atoms with van der Waals surface area (Å²) in [5, 5.41) is 9.80. The maximum Gasteiger partial charge on any atom is 0.240 e. The average Bonchev–Trinajstić information content (AvgIpc) is 3.12. The second-order valence-corrected chi connectivity index (χ2v) is 5.76. The third kappa shape index (κ3) is 3.84. The fourth-order valence-corrected chi connectivity index (χ4v) is 2.80. The summed E-state index contributed by atoms with van der Waals surface area (Å²) >= 11 is 0. The number of rotatable bonds is 7. The van der Waals surface area contributed by atoms with E-state index in [1.165, 1.54) is 6.40 Å². The third-order valence-corrected chi connectivity index (χ3v) is 4.09. The lowest BCUT2D eigenvalue weighted by Gasteiger charge is -2.08. The molecule has 0 radical (unpaired) electrons. The van der Waals surface area contributed by atoms with Crippen LogP contribution in [0, 0.1) is 11.3 Å². The Bertz CT molecular complexity index is 995. The van der Waals surface area contributed by atoms with E-state index >= 15 is 0 Å². The topological polar surface area (TPSA) is 77.0 Å². The maximum atomic E-state index is 9.80. The molecule has 0 amide bonds. The van der Waals surface area contributed by atoms with Crippen molar-refractivity contribution in [1.29, 1.82) is 5.26 Å². The number of aliphatic imine (C=N–C) groups is 1. The van der Waals surface area contributed by atoms with Gasteiger partial charge < -0.3 is 18.6 Å². The van der Waals surface area contributed by atoms with E-state index in [1.807, 2.05) is 49.4 Å². The van der Waals surface area contributed by atoms with Crippen LogP contribution in [0.5, 0.6) is 11.5 Å². The number of benzene rings is 2. The number of nitriles is 1. The van der Waals surface area contributed by atoms with Crippen LogP contribution in [0.2, 0.25) is 0 Å². The molecular weight excluding hydrogens is 356 g/mol. The highest BCUT2D eigenvalue weighted by Crippen LogP contribution is 2.44. The Kier molecular flexibility index (Phi) is 5.97. The molecule has 0 aliphatic rings. The van der Waals surface area contributed by atoms with Crippen LogP contribution in [0.15, 0.2) is 57.9 Å². The Labute approximate surface area is 163 Å². The molecule has 1 heterocycles. The Morgan fingerprint density at radius 1 is 1.04 bits per heavy atom. The summed E-state index contributed by atoms with van der Waals surface area (Å²) in [7, 11) is 3.16. The van der Waals surface area contributed by atoms with Gasteiger partial charge in [-0.3, -0.25) is 0 Å². The first kappa shape index (κ1) is 19.1. The number of furan rings is 1. The lowest BCUT2D eigenvalue weighted by atomic mass is 9.98. The monoisotopic (exact) mass is 376 g/mol. The molecule has 0 bridgehead atoms. The lowest BCUT2D eigenvalue weighted by Crippen LogP contribution is -1.89. The molecule has 0 atom stereocenters. The average molecular weight is 376 g/mol. The van der Waals surface area contributed by atoms with Crippen LogP contribution in [-0.2, 0) is 4.74 Å². The summed E-state index contributed by atoms with van der Waals surface area (Å²) in [6, 6.07) is 17.2. The van der Waals surface area contributed by atoms with E-state index in [2.05, 4.69) is 11.1 Å². The van der Waals surface area contributed by atoms with E-state index in [1.54, 1.807) is 20.3 Å². The lowest BCUT2D eigenvalue weighted by molar-refractivity contribution is 0.343. The van der Waals surface area contributed by atoms with E-state index in [9.17, 15) is 5.26 Å². The predicted molar refractivity (Wildman–Crippen MR) is 107 cm³/mol. The summed E-state index contributed by atoms with van der Waals surface area (Å²) in [6.07, 6.45) is 1.28. The fraction of sp³-hybridized carbons (Fsp3) is 0.182. The molecule has 0 spiro atoms. The minimum Gasteiger partial charge on any atom is -0.497 e. The van der Waals surface area contributed by atoms with Crippen LogP contribution in [0.3, 0.4) is 0 Å². The Balaban J connectivity index is 2.27. The quantitative estimate of drug-likeness (QED) is 0.418. The minimum absolute atomic E-state index is 0.187. The molecule has 3 rings (SSSR count). The molecule has 0 fully saturated rings. The van der Waals surface area contributed by atoms with E-state index in [4.69, 9.17) is 18.6 Å². The Morgan fingerprint density at radius 3 is 2.29 bits per heavy atom. The highest BCUT2D eigenvalue weighted by molar-refractivity contribution is 5.88. The van der Waals surface area contributed by atoms with Crippen molar-refractivity contribution in [3.8, 4) is 40.0 Å². The summed E-state index contributed by atoms with van der Waals surface area (Å²) in [5.41, 5.74) is 2.54. The number of hydrogen-bond donors (Lipinski definition) is 0. The smallest absolute Gasteiger partial charge is 0.240 e. The van der Waals surface area contributed by atoms with Crippen LogP contribution in [-0.4, -0.2) is 27.2 Å². The third-order valence-electron chi connectivity index (χ3n) is 4.09. The van der Waals surface area contributed by atoms with Gasteiger partial charge in [0.05, 0.1) is 20.8 Å². The van der Waals surface area contributed by atoms with E-state index in [-0.39, 0.29) is 5.88 Å². The van der Waals surface area contributed by atoms with Gasteiger partial charge in [-0.1, -0.05) is 30.3 Å². The maximum absolute atomic E-state index is 9.80. The number of hydrogen-bond acceptors (Lipinski definition) is 6. The summed E-state index contributed by atoms with van der Waals surface area (Å²) in [6.45, 7) is 2.32. The molecule has 1 aromatic heterocycles. The van der Waals surface area contributed by atoms with Gasteiger partial charge in [0, 0.05) is 17.2 Å². The zero-order valence-corrected chi connectivity index (χ0v) is 15.9. The first-order valence-electron chi connectivity index (χ1n) is 8.71. The number of methoxy groups -OCH3 is 2. The molecule has 0 unspecified atom stereocenters. The van der Waals surface area contributed by atoms with Gasteiger partial charge in [0.2, 0.25) is 5.88 Å². The Hall–Kier alpha value is -3.72. The molecule has 2 aromatic carbocycles. The van der Waals surface area contributed by atoms with Crippen LogP contribution in [0.1, 0.15) is 12.5 Å². The second kappa shape index (κ2) is 8.78. The first-order valence-corrected chi connectivity index (χ1v) is 8.71. The van der Waals surface area contributed by atoms with Gasteiger partial charge in [-0.05, 0) is 24.6 Å². The SMILES string of the molecule is CCO/C=N/c1oc(-c2cc(OC)cc(OC)c2)c(-c2ccccc2)c1C#N. The predicted octanol–water partition coefficient (Wildman–Crippen LogP) is 5.20. The van der Waals surface area contributed by atoms with Gasteiger partial charge in [-0.15, -0.1) is 0 Å². The first-order chi connectivity index (χ1) is 13.7. The molecule has 28 heavy (non-hydrogen) atoms. The molecular formula is C22H20N2O4. The highest BCUT2D eigenvalue weighted by Gasteiger charge is 2.23. The molecule has 142 valence electrons. The number of ether oxygens (including phenoxy) is 3. The van der Waals surface area contributed by atoms with Crippen molar-refractivity contribution in [3.63, 3.8) is 0 Å². The fourth-order valence-electron chi connectivity index (χ4n) is 2.80. The zero-order valence-electron chi connectivity index (χ0n) is 15.9. The van der Waals surface area contributed by atoms with Crippen LogP contribution < -0.4 is 9.47 Å². The van der Waals surface area contributed by atoms with Crippen LogP contribution in [0.4, 0.5) is 5.88 Å². The number of nitrogens with zero attached hydrogens (tertiary/aromatic N) is 2. The van der Waals surface area contributed by atoms with Gasteiger partial charge in [0.25, 0.3) is 0 Å². The van der Waals surface area contributed by atoms with Crippen molar-refractivity contribution in [2.75, 3.05) is 20.8 Å². The second-order valence-electron chi connectivity index (χ2n) is 5.76. The molecule has 3 aromatic rings. The summed E-state index contributed by atoms with van der Waals surface area (Å²) in [5.74, 6) is 1.92. The molecule has 6 nitrogen and oxygen atoms in total. The van der Waals surface area contributed by atoms with Crippen LogP contribution >= 0.6 is 0 Å². The van der Waals surface area contributed by atoms with Crippen molar-refractivity contribution in [2.45, 2.75) is 6.92 Å². The molecule has 6 heteroatoms. The molecule has 0 aliphatic carbocycles. The zero-order chi connectivity index (χ0) is 19.9. The molecule has 0 aliphatic heterocycles. The van der Waals surface area contributed by atoms with Gasteiger partial charge in [-0.2, -0.15) is 10.3 Å². The minimum atomic E-state index is 0.187. The van der Waals surface area contributed by atoms with Crippen molar-refractivity contribution in [2.24, 2.45) is 4.99 Å².